The van der Waals surface area contributed by atoms with Crippen molar-refractivity contribution in [2.45, 2.75) is 146 Å². The Morgan fingerprint density at radius 1 is 0.900 bits per heavy atom. The van der Waals surface area contributed by atoms with Crippen molar-refractivity contribution in [1.82, 2.24) is 36.1 Å². The molecular formula is C37H53N7O6. The van der Waals surface area contributed by atoms with Crippen molar-refractivity contribution in [1.29, 1.82) is 0 Å². The molecular weight excluding hydrogens is 638 g/mol. The number of carbonyl (C=O) groups is 6. The predicted octanol–water partition coefficient (Wildman–Crippen LogP) is 2.59. The summed E-state index contributed by atoms with van der Waals surface area (Å²) < 4.78 is 0. The van der Waals surface area contributed by atoms with Crippen LogP contribution in [0.2, 0.25) is 0 Å². The molecule has 0 radical (unpaired) electrons. The van der Waals surface area contributed by atoms with Crippen LogP contribution in [0.5, 0.6) is 0 Å². The van der Waals surface area contributed by atoms with Crippen molar-refractivity contribution in [2.24, 2.45) is 23.7 Å². The smallest absolute Gasteiger partial charge is 0.289 e. The minimum Gasteiger partial charge on any atom is -0.347 e. The summed E-state index contributed by atoms with van der Waals surface area (Å²) in [5.74, 6) is -3.15. The minimum absolute atomic E-state index is 0.0181. The number of nitrogens with zero attached hydrogens (tertiary/aromatic N) is 3. The Morgan fingerprint density at radius 3 is 2.24 bits per heavy atom. The van der Waals surface area contributed by atoms with Crippen LogP contribution in [0.4, 0.5) is 0 Å². The number of hydrogen-bond acceptors (Lipinski definition) is 8. The Hall–Kier alpha value is -3.90. The molecule has 5 fully saturated rings. The normalized spacial score (nSPS) is 28.3. The molecule has 2 aliphatic heterocycles. The van der Waals surface area contributed by atoms with Crippen LogP contribution in [-0.2, 0) is 24.0 Å². The summed E-state index contributed by atoms with van der Waals surface area (Å²) in [7, 11) is 0. The first-order valence-electron chi connectivity index (χ1n) is 19.0. The molecule has 4 N–H and O–H groups in total. The van der Waals surface area contributed by atoms with E-state index in [1.54, 1.807) is 4.90 Å². The number of ketones is 1. The quantitative estimate of drug-likeness (QED) is 0.228. The van der Waals surface area contributed by atoms with E-state index in [-0.39, 0.29) is 47.4 Å². The molecule has 0 bridgehead atoms. The van der Waals surface area contributed by atoms with Crippen molar-refractivity contribution in [3.05, 3.63) is 24.3 Å². The van der Waals surface area contributed by atoms with Gasteiger partial charge in [-0.1, -0.05) is 71.6 Å². The zero-order valence-electron chi connectivity index (χ0n) is 29.4. The SMILES string of the molecule is CCCC(NC(=O)[C@@H]1[C@@H](C2CCCCC2)CC2C(C)[C@H](NC(=O)[C@@H](NC(=O)c3cnccn3)C3CCCCC3)C(=O)N21)C(=O)C(=O)NC1CC1. The number of aromatic nitrogens is 2. The molecule has 0 aromatic carbocycles. The third-order valence-electron chi connectivity index (χ3n) is 11.9. The van der Waals surface area contributed by atoms with Gasteiger partial charge in [0.15, 0.2) is 0 Å². The maximum atomic E-state index is 14.4. The average Bonchev–Trinajstić information content (AvgIpc) is 3.82. The summed E-state index contributed by atoms with van der Waals surface area (Å²) in [5.41, 5.74) is 0.111. The number of Topliss-reactive ketones (excluding diaryl/α,β-unsaturated/α-hetero) is 1. The van der Waals surface area contributed by atoms with Crippen molar-refractivity contribution in [3.8, 4) is 0 Å². The summed E-state index contributed by atoms with van der Waals surface area (Å²) in [6, 6.07) is -3.74. The number of carbonyl (C=O) groups excluding carboxylic acids is 6. The van der Waals surface area contributed by atoms with Crippen LogP contribution in [0.15, 0.2) is 18.6 Å². The fraction of sp³-hybridized carbons (Fsp3) is 0.730. The first kappa shape index (κ1) is 35.9. The van der Waals surface area contributed by atoms with Crippen LogP contribution in [0.25, 0.3) is 0 Å². The number of rotatable bonds is 13. The van der Waals surface area contributed by atoms with E-state index in [1.807, 2.05) is 13.8 Å². The molecule has 1 aromatic heterocycles. The van der Waals surface area contributed by atoms with Gasteiger partial charge in [0, 0.05) is 30.4 Å². The zero-order chi connectivity index (χ0) is 35.4. The largest absolute Gasteiger partial charge is 0.347 e. The molecule has 7 atom stereocenters. The van der Waals surface area contributed by atoms with Crippen molar-refractivity contribution in [2.75, 3.05) is 0 Å². The van der Waals surface area contributed by atoms with E-state index in [0.717, 1.165) is 77.0 Å². The van der Waals surface area contributed by atoms with E-state index in [2.05, 4.69) is 31.2 Å². The fourth-order valence-electron chi connectivity index (χ4n) is 9.03. The lowest BCUT2D eigenvalue weighted by Crippen LogP contribution is -2.58. The second-order valence-corrected chi connectivity index (χ2v) is 15.3. The topological polar surface area (TPSA) is 180 Å². The molecule has 2 saturated heterocycles. The number of fused-ring (bicyclic) bond motifs is 1. The van der Waals surface area contributed by atoms with Gasteiger partial charge in [-0.25, -0.2) is 4.98 Å². The van der Waals surface area contributed by atoms with Crippen molar-refractivity contribution < 1.29 is 28.8 Å². The van der Waals surface area contributed by atoms with Gasteiger partial charge in [-0.05, 0) is 56.3 Å². The molecule has 3 saturated carbocycles. The van der Waals surface area contributed by atoms with E-state index < -0.39 is 53.6 Å². The van der Waals surface area contributed by atoms with E-state index in [4.69, 9.17) is 0 Å². The zero-order valence-corrected chi connectivity index (χ0v) is 29.4. The number of hydrogen-bond donors (Lipinski definition) is 4. The molecule has 3 heterocycles. The molecule has 13 nitrogen and oxygen atoms in total. The van der Waals surface area contributed by atoms with Crippen LogP contribution >= 0.6 is 0 Å². The molecule has 3 unspecified atom stereocenters. The number of amides is 5. The summed E-state index contributed by atoms with van der Waals surface area (Å²) in [6.45, 7) is 3.85. The highest BCUT2D eigenvalue weighted by atomic mass is 16.2. The lowest BCUT2D eigenvalue weighted by atomic mass is 9.74. The highest BCUT2D eigenvalue weighted by molar-refractivity contribution is 6.38. The molecule has 6 rings (SSSR count). The average molecular weight is 692 g/mol. The lowest BCUT2D eigenvalue weighted by Gasteiger charge is -2.34. The van der Waals surface area contributed by atoms with Gasteiger partial charge in [0.2, 0.25) is 23.5 Å². The summed E-state index contributed by atoms with van der Waals surface area (Å²) in [4.78, 5) is 91.6. The summed E-state index contributed by atoms with van der Waals surface area (Å²) in [5, 5.41) is 11.6. The van der Waals surface area contributed by atoms with Gasteiger partial charge >= 0.3 is 0 Å². The molecule has 13 heteroatoms. The molecule has 3 aliphatic carbocycles. The highest BCUT2D eigenvalue weighted by Crippen LogP contribution is 2.47. The Bertz CT molecular complexity index is 1420. The molecule has 50 heavy (non-hydrogen) atoms. The third-order valence-corrected chi connectivity index (χ3v) is 11.9. The van der Waals surface area contributed by atoms with E-state index >= 15 is 0 Å². The van der Waals surface area contributed by atoms with Gasteiger partial charge in [0.25, 0.3) is 11.8 Å². The van der Waals surface area contributed by atoms with Crippen LogP contribution in [0.3, 0.4) is 0 Å². The lowest BCUT2D eigenvalue weighted by molar-refractivity contribution is -0.143. The second-order valence-electron chi connectivity index (χ2n) is 15.3. The summed E-state index contributed by atoms with van der Waals surface area (Å²) in [6.07, 6.45) is 17.3. The standard InChI is InChI=1S/C37H53N7O6/c1-3-10-26(32(45)36(49)40-24-15-16-24)41-35(48)31-25(22-11-6-4-7-12-22)19-28-21(2)29(37(50)44(28)31)42-34(47)30(23-13-8-5-9-14-23)43-33(46)27-20-38-17-18-39-27/h17-18,20-26,28-31H,3-16,19H2,1-2H3,(H,40,49)(H,41,48)(H,42,47)(H,43,46)/t21?,25-,26?,28?,29+,30+,31+/m1/s1. The second kappa shape index (κ2) is 16.0. The molecule has 272 valence electrons. The van der Waals surface area contributed by atoms with Gasteiger partial charge in [0.05, 0.1) is 12.2 Å². The Morgan fingerprint density at radius 2 is 1.60 bits per heavy atom. The van der Waals surface area contributed by atoms with Gasteiger partial charge in [-0.3, -0.25) is 33.8 Å². The first-order valence-corrected chi connectivity index (χ1v) is 19.0. The van der Waals surface area contributed by atoms with Crippen LogP contribution in [-0.4, -0.2) is 86.4 Å². The monoisotopic (exact) mass is 691 g/mol. The van der Waals surface area contributed by atoms with Crippen molar-refractivity contribution >= 4 is 35.3 Å². The molecule has 5 aliphatic rings. The van der Waals surface area contributed by atoms with E-state index in [9.17, 15) is 28.8 Å². The van der Waals surface area contributed by atoms with Crippen molar-refractivity contribution in [3.63, 3.8) is 0 Å². The van der Waals surface area contributed by atoms with Crippen LogP contribution in [0, 0.1) is 23.7 Å². The predicted molar refractivity (Wildman–Crippen MR) is 183 cm³/mol. The Balaban J connectivity index is 1.21. The molecule has 0 spiro atoms. The third kappa shape index (κ3) is 7.86. The van der Waals surface area contributed by atoms with Gasteiger partial charge < -0.3 is 26.2 Å². The van der Waals surface area contributed by atoms with E-state index in [1.165, 1.54) is 18.6 Å². The van der Waals surface area contributed by atoms with E-state index in [0.29, 0.717) is 19.3 Å². The minimum atomic E-state index is -0.975. The Kier molecular flexibility index (Phi) is 11.5. The van der Waals surface area contributed by atoms with Gasteiger partial charge in [-0.2, -0.15) is 0 Å². The van der Waals surface area contributed by atoms with Gasteiger partial charge in [-0.15, -0.1) is 0 Å². The first-order chi connectivity index (χ1) is 24.2. The highest BCUT2D eigenvalue weighted by Gasteiger charge is 2.59. The maximum absolute atomic E-state index is 14.4. The summed E-state index contributed by atoms with van der Waals surface area (Å²) >= 11 is 0. The molecule has 5 amide bonds. The van der Waals surface area contributed by atoms with Crippen LogP contribution < -0.4 is 21.3 Å². The Labute approximate surface area is 294 Å². The van der Waals surface area contributed by atoms with Gasteiger partial charge in [0.1, 0.15) is 23.8 Å². The fourth-order valence-corrected chi connectivity index (χ4v) is 9.03. The number of nitrogens with one attached hydrogen (secondary N) is 4. The maximum Gasteiger partial charge on any atom is 0.289 e. The van der Waals surface area contributed by atoms with Crippen LogP contribution in [0.1, 0.15) is 121 Å². The molecule has 1 aromatic rings.